The molecule has 5 N–H and O–H groups in total. The lowest BCUT2D eigenvalue weighted by Gasteiger charge is -2.07. The van der Waals surface area contributed by atoms with Crippen LogP contribution in [0.25, 0.3) is 0 Å². The van der Waals surface area contributed by atoms with E-state index in [2.05, 4.69) is 0 Å². The highest BCUT2D eigenvalue weighted by Crippen LogP contribution is 2.01. The van der Waals surface area contributed by atoms with Crippen molar-refractivity contribution in [3.05, 3.63) is 29.8 Å². The highest BCUT2D eigenvalue weighted by atomic mass is 16.4. The van der Waals surface area contributed by atoms with Crippen LogP contribution in [0.15, 0.2) is 24.3 Å². The third-order valence-electron chi connectivity index (χ3n) is 2.05. The molecule has 0 bridgehead atoms. The van der Waals surface area contributed by atoms with Crippen LogP contribution in [0.2, 0.25) is 0 Å². The standard InChI is InChI=1S/C9H12BNO4/c11-8(9(12)13)5-6-1-3-7(4-2-6)10(14)15/h1-4,8,14-15H,5,11H2,(H,12,13). The number of aliphatic carboxylic acids is 1. The fraction of sp³-hybridized carbons (Fsp3) is 0.222. The van der Waals surface area contributed by atoms with Crippen LogP contribution in [-0.2, 0) is 11.2 Å². The number of benzene rings is 1. The molecule has 1 atom stereocenters. The predicted octanol–water partition coefficient (Wildman–Crippen LogP) is -1.68. The predicted molar refractivity (Wildman–Crippen MR) is 55.6 cm³/mol. The van der Waals surface area contributed by atoms with Crippen molar-refractivity contribution in [1.82, 2.24) is 0 Å². The first kappa shape index (κ1) is 11.7. The summed E-state index contributed by atoms with van der Waals surface area (Å²) >= 11 is 0. The summed E-state index contributed by atoms with van der Waals surface area (Å²) in [6.07, 6.45) is 0.219. The van der Waals surface area contributed by atoms with Gasteiger partial charge in [-0.3, -0.25) is 4.79 Å². The van der Waals surface area contributed by atoms with E-state index in [0.29, 0.717) is 5.46 Å². The van der Waals surface area contributed by atoms with E-state index in [0.717, 1.165) is 5.56 Å². The van der Waals surface area contributed by atoms with E-state index >= 15 is 0 Å². The summed E-state index contributed by atoms with van der Waals surface area (Å²) in [6, 6.07) is 5.35. The van der Waals surface area contributed by atoms with Gasteiger partial charge in [-0.05, 0) is 17.4 Å². The summed E-state index contributed by atoms with van der Waals surface area (Å²) in [5.74, 6) is -1.05. The van der Waals surface area contributed by atoms with Crippen molar-refractivity contribution < 1.29 is 19.9 Å². The average molecular weight is 209 g/mol. The van der Waals surface area contributed by atoms with Crippen LogP contribution < -0.4 is 11.2 Å². The van der Waals surface area contributed by atoms with Crippen LogP contribution in [0.3, 0.4) is 0 Å². The average Bonchev–Trinajstić information content (AvgIpc) is 2.18. The van der Waals surface area contributed by atoms with E-state index < -0.39 is 19.1 Å². The minimum Gasteiger partial charge on any atom is -0.480 e. The monoisotopic (exact) mass is 209 g/mol. The number of carboxylic acids is 1. The fourth-order valence-corrected chi connectivity index (χ4v) is 1.17. The number of hydrogen-bond donors (Lipinski definition) is 4. The molecule has 6 heteroatoms. The molecule has 0 aliphatic carbocycles. The van der Waals surface area contributed by atoms with Crippen LogP contribution in [0.1, 0.15) is 5.56 Å². The quantitative estimate of drug-likeness (QED) is 0.443. The lowest BCUT2D eigenvalue weighted by molar-refractivity contribution is -0.138. The van der Waals surface area contributed by atoms with Crippen molar-refractivity contribution in [2.24, 2.45) is 5.73 Å². The zero-order valence-corrected chi connectivity index (χ0v) is 8.00. The molecule has 0 spiro atoms. The van der Waals surface area contributed by atoms with Gasteiger partial charge in [0.2, 0.25) is 0 Å². The Labute approximate surface area is 87.3 Å². The van der Waals surface area contributed by atoms with Gasteiger partial charge in [0, 0.05) is 0 Å². The molecule has 0 heterocycles. The molecule has 5 nitrogen and oxygen atoms in total. The van der Waals surface area contributed by atoms with Gasteiger partial charge in [-0.2, -0.15) is 0 Å². The summed E-state index contributed by atoms with van der Waals surface area (Å²) in [5.41, 5.74) is 6.46. The van der Waals surface area contributed by atoms with Crippen molar-refractivity contribution in [2.75, 3.05) is 0 Å². The highest BCUT2D eigenvalue weighted by Gasteiger charge is 2.13. The second-order valence-electron chi connectivity index (χ2n) is 3.26. The minimum atomic E-state index is -1.51. The van der Waals surface area contributed by atoms with Crippen molar-refractivity contribution >= 4 is 18.6 Å². The lowest BCUT2D eigenvalue weighted by Crippen LogP contribution is -2.33. The maximum Gasteiger partial charge on any atom is 0.488 e. The molecule has 0 amide bonds. The normalized spacial score (nSPS) is 12.2. The molecule has 1 unspecified atom stereocenters. The Morgan fingerprint density at radius 1 is 1.33 bits per heavy atom. The Morgan fingerprint density at radius 2 is 1.87 bits per heavy atom. The van der Waals surface area contributed by atoms with E-state index in [9.17, 15) is 4.79 Å². The van der Waals surface area contributed by atoms with E-state index in [4.69, 9.17) is 20.9 Å². The Balaban J connectivity index is 2.68. The Bertz CT molecular complexity index is 338. The third-order valence-corrected chi connectivity index (χ3v) is 2.05. The molecule has 1 aromatic carbocycles. The maximum absolute atomic E-state index is 10.5. The van der Waals surface area contributed by atoms with Gasteiger partial charge >= 0.3 is 13.1 Å². The lowest BCUT2D eigenvalue weighted by atomic mass is 9.80. The number of rotatable bonds is 4. The molecule has 0 radical (unpaired) electrons. The van der Waals surface area contributed by atoms with Crippen molar-refractivity contribution in [3.63, 3.8) is 0 Å². The van der Waals surface area contributed by atoms with Crippen LogP contribution in [-0.4, -0.2) is 34.3 Å². The highest BCUT2D eigenvalue weighted by molar-refractivity contribution is 6.58. The van der Waals surface area contributed by atoms with E-state index in [1.165, 1.54) is 12.1 Å². The molecular weight excluding hydrogens is 197 g/mol. The number of nitrogens with two attached hydrogens (primary N) is 1. The first-order chi connectivity index (χ1) is 7.00. The van der Waals surface area contributed by atoms with Gasteiger partial charge in [0.15, 0.2) is 0 Å². The molecule has 0 saturated carbocycles. The van der Waals surface area contributed by atoms with E-state index in [1.807, 2.05) is 0 Å². The van der Waals surface area contributed by atoms with Gasteiger partial charge in [-0.25, -0.2) is 0 Å². The molecule has 0 saturated heterocycles. The van der Waals surface area contributed by atoms with E-state index in [1.54, 1.807) is 12.1 Å². The van der Waals surface area contributed by atoms with Gasteiger partial charge in [0.25, 0.3) is 0 Å². The summed E-state index contributed by atoms with van der Waals surface area (Å²) < 4.78 is 0. The Kier molecular flexibility index (Phi) is 3.84. The van der Waals surface area contributed by atoms with Gasteiger partial charge in [0.1, 0.15) is 6.04 Å². The Morgan fingerprint density at radius 3 is 2.27 bits per heavy atom. The van der Waals surface area contributed by atoms with Crippen LogP contribution in [0, 0.1) is 0 Å². The minimum absolute atomic E-state index is 0.219. The fourth-order valence-electron chi connectivity index (χ4n) is 1.17. The summed E-state index contributed by atoms with van der Waals surface area (Å²) in [5, 5.41) is 26.2. The molecule has 0 fully saturated rings. The molecule has 15 heavy (non-hydrogen) atoms. The maximum atomic E-state index is 10.5. The second kappa shape index (κ2) is 4.93. The SMILES string of the molecule is NC(Cc1ccc(B(O)O)cc1)C(=O)O. The number of carbonyl (C=O) groups is 1. The van der Waals surface area contributed by atoms with Crippen LogP contribution >= 0.6 is 0 Å². The topological polar surface area (TPSA) is 104 Å². The summed E-state index contributed by atoms with van der Waals surface area (Å²) in [7, 11) is -1.51. The third kappa shape index (κ3) is 3.36. The Hall–Kier alpha value is -1.37. The number of carboxylic acid groups (broad SMARTS) is 1. The van der Waals surface area contributed by atoms with Crippen LogP contribution in [0.4, 0.5) is 0 Å². The summed E-state index contributed by atoms with van der Waals surface area (Å²) in [4.78, 5) is 10.5. The van der Waals surface area contributed by atoms with Gasteiger partial charge in [-0.1, -0.05) is 24.3 Å². The zero-order chi connectivity index (χ0) is 11.4. The molecular formula is C9H12BNO4. The van der Waals surface area contributed by atoms with Gasteiger partial charge in [-0.15, -0.1) is 0 Å². The van der Waals surface area contributed by atoms with Crippen LogP contribution in [0.5, 0.6) is 0 Å². The molecule has 1 aromatic rings. The largest absolute Gasteiger partial charge is 0.488 e. The van der Waals surface area contributed by atoms with Crippen molar-refractivity contribution in [1.29, 1.82) is 0 Å². The number of hydrogen-bond acceptors (Lipinski definition) is 4. The molecule has 80 valence electrons. The molecule has 0 aromatic heterocycles. The van der Waals surface area contributed by atoms with Crippen molar-refractivity contribution in [2.45, 2.75) is 12.5 Å². The first-order valence-electron chi connectivity index (χ1n) is 4.44. The van der Waals surface area contributed by atoms with E-state index in [-0.39, 0.29) is 6.42 Å². The van der Waals surface area contributed by atoms with Gasteiger partial charge < -0.3 is 20.9 Å². The van der Waals surface area contributed by atoms with Crippen molar-refractivity contribution in [3.8, 4) is 0 Å². The molecule has 0 aliphatic rings. The smallest absolute Gasteiger partial charge is 0.480 e. The molecule has 0 aliphatic heterocycles. The summed E-state index contributed by atoms with van der Waals surface area (Å²) in [6.45, 7) is 0. The molecule has 1 rings (SSSR count). The first-order valence-corrected chi connectivity index (χ1v) is 4.44. The zero-order valence-electron chi connectivity index (χ0n) is 8.00. The van der Waals surface area contributed by atoms with Gasteiger partial charge in [0.05, 0.1) is 0 Å². The second-order valence-corrected chi connectivity index (χ2v) is 3.26.